The van der Waals surface area contributed by atoms with Crippen LogP contribution in [0.2, 0.25) is 0 Å². The Labute approximate surface area is 166 Å². The van der Waals surface area contributed by atoms with Crippen LogP contribution in [0.4, 0.5) is 0 Å². The molecule has 27 heavy (non-hydrogen) atoms. The molecule has 0 aliphatic carbocycles. The molecule has 0 saturated heterocycles. The quantitative estimate of drug-likeness (QED) is 0.253. The highest BCUT2D eigenvalue weighted by atomic mass is 16.4. The summed E-state index contributed by atoms with van der Waals surface area (Å²) >= 11 is 0. The van der Waals surface area contributed by atoms with E-state index < -0.39 is 12.0 Å². The van der Waals surface area contributed by atoms with E-state index in [2.05, 4.69) is 12.2 Å². The first-order chi connectivity index (χ1) is 13.1. The maximum Gasteiger partial charge on any atom is 0.305 e. The van der Waals surface area contributed by atoms with E-state index in [4.69, 9.17) is 10.8 Å². The van der Waals surface area contributed by atoms with Gasteiger partial charge in [0, 0.05) is 6.54 Å². The van der Waals surface area contributed by atoms with E-state index in [9.17, 15) is 9.59 Å². The second-order valence-electron chi connectivity index (χ2n) is 7.80. The Hall–Kier alpha value is -1.10. The number of hydrogen-bond donors (Lipinski definition) is 3. The van der Waals surface area contributed by atoms with Gasteiger partial charge in [0.1, 0.15) is 0 Å². The highest BCUT2D eigenvalue weighted by Gasteiger charge is 2.15. The molecule has 160 valence electrons. The lowest BCUT2D eigenvalue weighted by molar-refractivity contribution is -0.139. The number of unbranched alkanes of at least 4 members (excludes halogenated alkanes) is 15. The number of aliphatic carboxylic acids is 1. The van der Waals surface area contributed by atoms with Crippen molar-refractivity contribution in [2.75, 3.05) is 6.54 Å². The zero-order valence-corrected chi connectivity index (χ0v) is 17.6. The number of amides is 1. The summed E-state index contributed by atoms with van der Waals surface area (Å²) in [6, 6.07) is -0.941. The number of nitrogens with one attached hydrogen (secondary N) is 1. The molecular formula is C22H44N2O3. The molecule has 0 unspecified atom stereocenters. The molecule has 0 aliphatic heterocycles. The Morgan fingerprint density at radius 2 is 1.11 bits per heavy atom. The summed E-state index contributed by atoms with van der Waals surface area (Å²) in [7, 11) is 0. The summed E-state index contributed by atoms with van der Waals surface area (Å²) in [6.45, 7) is 2.85. The Bertz CT molecular complexity index is 361. The molecule has 0 fully saturated rings. The molecule has 0 bridgehead atoms. The summed E-state index contributed by atoms with van der Waals surface area (Å²) in [6.07, 6.45) is 20.8. The highest BCUT2D eigenvalue weighted by molar-refractivity contribution is 5.85. The van der Waals surface area contributed by atoms with E-state index in [0.29, 0.717) is 6.54 Å². The van der Waals surface area contributed by atoms with E-state index in [1.54, 1.807) is 0 Å². The van der Waals surface area contributed by atoms with Gasteiger partial charge in [-0.05, 0) is 6.42 Å². The molecule has 0 aromatic rings. The molecule has 0 aromatic carbocycles. The van der Waals surface area contributed by atoms with Gasteiger partial charge in [0.15, 0.2) is 0 Å². The van der Waals surface area contributed by atoms with Crippen molar-refractivity contribution in [1.29, 1.82) is 0 Å². The lowest BCUT2D eigenvalue weighted by Gasteiger charge is -2.10. The summed E-state index contributed by atoms with van der Waals surface area (Å²) in [5.74, 6) is -1.40. The Morgan fingerprint density at radius 3 is 1.48 bits per heavy atom. The lowest BCUT2D eigenvalue weighted by Crippen LogP contribution is -2.42. The number of nitrogens with two attached hydrogens (primary N) is 1. The Balaban J connectivity index is 3.19. The maximum absolute atomic E-state index is 11.5. The fraction of sp³-hybridized carbons (Fsp3) is 0.909. The van der Waals surface area contributed by atoms with E-state index in [1.165, 1.54) is 89.9 Å². The third-order valence-corrected chi connectivity index (χ3v) is 5.06. The van der Waals surface area contributed by atoms with E-state index >= 15 is 0 Å². The van der Waals surface area contributed by atoms with Crippen LogP contribution in [0.3, 0.4) is 0 Å². The van der Waals surface area contributed by atoms with Gasteiger partial charge in [-0.1, -0.05) is 103 Å². The van der Waals surface area contributed by atoms with Crippen molar-refractivity contribution in [2.24, 2.45) is 5.73 Å². The normalized spacial score (nSPS) is 12.1. The van der Waals surface area contributed by atoms with Crippen molar-refractivity contribution >= 4 is 11.9 Å². The zero-order chi connectivity index (χ0) is 20.2. The van der Waals surface area contributed by atoms with Crippen molar-refractivity contribution in [1.82, 2.24) is 5.32 Å². The molecule has 5 heteroatoms. The van der Waals surface area contributed by atoms with Gasteiger partial charge < -0.3 is 16.2 Å². The summed E-state index contributed by atoms with van der Waals surface area (Å²) in [5.41, 5.74) is 5.50. The fourth-order valence-electron chi connectivity index (χ4n) is 3.30. The minimum absolute atomic E-state index is 0.315. The van der Waals surface area contributed by atoms with Gasteiger partial charge in [-0.15, -0.1) is 0 Å². The fourth-order valence-corrected chi connectivity index (χ4v) is 3.30. The van der Waals surface area contributed by atoms with E-state index in [0.717, 1.165) is 12.8 Å². The van der Waals surface area contributed by atoms with Crippen molar-refractivity contribution in [3.05, 3.63) is 0 Å². The van der Waals surface area contributed by atoms with Crippen molar-refractivity contribution in [2.45, 2.75) is 122 Å². The molecule has 0 heterocycles. The third-order valence-electron chi connectivity index (χ3n) is 5.06. The van der Waals surface area contributed by atoms with Crippen LogP contribution in [0, 0.1) is 0 Å². The second kappa shape index (κ2) is 19.7. The number of carbonyl (C=O) groups is 2. The van der Waals surface area contributed by atoms with E-state index in [-0.39, 0.29) is 12.3 Å². The number of carboxylic acids is 1. The third kappa shape index (κ3) is 19.5. The predicted molar refractivity (Wildman–Crippen MR) is 113 cm³/mol. The second-order valence-corrected chi connectivity index (χ2v) is 7.80. The SMILES string of the molecule is CCCCCCCCCCCCCCCCCCNC(=O)[C@@H](N)CC(=O)O. The Kier molecular flexibility index (Phi) is 18.9. The number of rotatable bonds is 20. The minimum Gasteiger partial charge on any atom is -0.481 e. The van der Waals surface area contributed by atoms with Gasteiger partial charge in [0.2, 0.25) is 5.91 Å². The molecule has 0 radical (unpaired) electrons. The number of carbonyl (C=O) groups excluding carboxylic acids is 1. The molecule has 0 saturated carbocycles. The number of hydrogen-bond acceptors (Lipinski definition) is 3. The molecular weight excluding hydrogens is 340 g/mol. The lowest BCUT2D eigenvalue weighted by atomic mass is 10.0. The average molecular weight is 385 g/mol. The van der Waals surface area contributed by atoms with Crippen LogP contribution < -0.4 is 11.1 Å². The van der Waals surface area contributed by atoms with Crippen LogP contribution in [-0.4, -0.2) is 29.6 Å². The topological polar surface area (TPSA) is 92.4 Å². The first kappa shape index (κ1) is 25.9. The van der Waals surface area contributed by atoms with Crippen LogP contribution in [0.25, 0.3) is 0 Å². The monoisotopic (exact) mass is 384 g/mol. The average Bonchev–Trinajstić information content (AvgIpc) is 2.63. The van der Waals surface area contributed by atoms with Gasteiger partial charge in [-0.2, -0.15) is 0 Å². The smallest absolute Gasteiger partial charge is 0.305 e. The van der Waals surface area contributed by atoms with Gasteiger partial charge in [-0.25, -0.2) is 0 Å². The maximum atomic E-state index is 11.5. The first-order valence-electron chi connectivity index (χ1n) is 11.3. The van der Waals surface area contributed by atoms with Gasteiger partial charge >= 0.3 is 5.97 Å². The van der Waals surface area contributed by atoms with Gasteiger partial charge in [-0.3, -0.25) is 9.59 Å². The van der Waals surface area contributed by atoms with Crippen LogP contribution in [0.1, 0.15) is 116 Å². The molecule has 0 rings (SSSR count). The molecule has 5 nitrogen and oxygen atoms in total. The molecule has 1 amide bonds. The predicted octanol–water partition coefficient (Wildman–Crippen LogP) is 5.17. The zero-order valence-electron chi connectivity index (χ0n) is 17.6. The molecule has 0 spiro atoms. The van der Waals surface area contributed by atoms with Crippen LogP contribution >= 0.6 is 0 Å². The molecule has 0 aromatic heterocycles. The summed E-state index contributed by atoms with van der Waals surface area (Å²) < 4.78 is 0. The van der Waals surface area contributed by atoms with E-state index in [1.807, 2.05) is 0 Å². The largest absolute Gasteiger partial charge is 0.481 e. The van der Waals surface area contributed by atoms with Crippen LogP contribution in [0.5, 0.6) is 0 Å². The highest BCUT2D eigenvalue weighted by Crippen LogP contribution is 2.13. The molecule has 4 N–H and O–H groups in total. The van der Waals surface area contributed by atoms with Gasteiger partial charge in [0.25, 0.3) is 0 Å². The first-order valence-corrected chi connectivity index (χ1v) is 11.3. The van der Waals surface area contributed by atoms with Crippen LogP contribution in [0.15, 0.2) is 0 Å². The van der Waals surface area contributed by atoms with Crippen LogP contribution in [-0.2, 0) is 9.59 Å². The molecule has 1 atom stereocenters. The molecule has 0 aliphatic rings. The van der Waals surface area contributed by atoms with Crippen molar-refractivity contribution in [3.63, 3.8) is 0 Å². The van der Waals surface area contributed by atoms with Crippen molar-refractivity contribution < 1.29 is 14.7 Å². The Morgan fingerprint density at radius 1 is 0.741 bits per heavy atom. The van der Waals surface area contributed by atoms with Crippen molar-refractivity contribution in [3.8, 4) is 0 Å². The standard InChI is InChI=1S/C22H44N2O3/c1-2-3-4-5-6-7-8-9-10-11-12-13-14-15-16-17-18-24-22(27)20(23)19-21(25)26/h20H,2-19,23H2,1H3,(H,24,27)(H,25,26)/t20-/m0/s1. The summed E-state index contributed by atoms with van der Waals surface area (Å²) in [5, 5.41) is 11.3. The minimum atomic E-state index is -1.04. The summed E-state index contributed by atoms with van der Waals surface area (Å²) in [4.78, 5) is 22.0. The number of carboxylic acid groups (broad SMARTS) is 1. The van der Waals surface area contributed by atoms with Gasteiger partial charge in [0.05, 0.1) is 12.5 Å².